The maximum atomic E-state index is 12.8. The molecular formula is C18H21N3O4. The summed E-state index contributed by atoms with van der Waals surface area (Å²) in [6.07, 6.45) is 1.83. The average molecular weight is 343 g/mol. The molecule has 1 aromatic heterocycles. The van der Waals surface area contributed by atoms with Crippen LogP contribution in [0.15, 0.2) is 40.9 Å². The summed E-state index contributed by atoms with van der Waals surface area (Å²) in [5.74, 6) is 0.428. The minimum Gasteiger partial charge on any atom is -0.376 e. The van der Waals surface area contributed by atoms with E-state index in [1.54, 1.807) is 37.3 Å². The molecule has 0 saturated carbocycles. The number of hydrogen-bond donors (Lipinski definition) is 1. The van der Waals surface area contributed by atoms with Crippen LogP contribution in [0.4, 0.5) is 5.82 Å². The first kappa shape index (κ1) is 17.2. The summed E-state index contributed by atoms with van der Waals surface area (Å²) >= 11 is 0. The van der Waals surface area contributed by atoms with Crippen molar-refractivity contribution in [3.05, 3.63) is 47.7 Å². The van der Waals surface area contributed by atoms with Crippen molar-refractivity contribution in [3.63, 3.8) is 0 Å². The predicted octanol–water partition coefficient (Wildman–Crippen LogP) is 2.24. The van der Waals surface area contributed by atoms with Crippen molar-refractivity contribution in [3.8, 4) is 0 Å². The van der Waals surface area contributed by atoms with Gasteiger partial charge in [-0.2, -0.15) is 0 Å². The number of benzene rings is 1. The van der Waals surface area contributed by atoms with Crippen LogP contribution in [0.3, 0.4) is 0 Å². The van der Waals surface area contributed by atoms with Gasteiger partial charge in [-0.3, -0.25) is 9.59 Å². The lowest BCUT2D eigenvalue weighted by Gasteiger charge is -2.25. The van der Waals surface area contributed by atoms with Crippen LogP contribution in [0.2, 0.25) is 0 Å². The molecule has 1 N–H and O–H groups in total. The van der Waals surface area contributed by atoms with Crippen LogP contribution in [0, 0.1) is 6.92 Å². The molecule has 7 nitrogen and oxygen atoms in total. The summed E-state index contributed by atoms with van der Waals surface area (Å²) in [5.41, 5.74) is 0.547. The molecule has 7 heteroatoms. The van der Waals surface area contributed by atoms with Gasteiger partial charge in [-0.05, 0) is 31.9 Å². The minimum atomic E-state index is -0.324. The fraction of sp³-hybridized carbons (Fsp3) is 0.389. The molecule has 1 saturated heterocycles. The third kappa shape index (κ3) is 4.67. The average Bonchev–Trinajstić information content (AvgIpc) is 3.26. The Hall–Kier alpha value is -2.67. The molecule has 2 aromatic rings. The van der Waals surface area contributed by atoms with Crippen LogP contribution in [-0.4, -0.2) is 47.7 Å². The quantitative estimate of drug-likeness (QED) is 0.869. The van der Waals surface area contributed by atoms with Crippen LogP contribution in [0.1, 0.15) is 29.0 Å². The number of nitrogens with zero attached hydrogens (tertiary/aromatic N) is 2. The molecule has 1 aromatic carbocycles. The zero-order valence-electron chi connectivity index (χ0n) is 14.1. The summed E-state index contributed by atoms with van der Waals surface area (Å²) in [4.78, 5) is 26.6. The maximum Gasteiger partial charge on any atom is 0.254 e. The van der Waals surface area contributed by atoms with E-state index in [1.807, 2.05) is 6.07 Å². The van der Waals surface area contributed by atoms with E-state index in [0.29, 0.717) is 30.3 Å². The first-order chi connectivity index (χ1) is 12.1. The molecule has 25 heavy (non-hydrogen) atoms. The first-order valence-electron chi connectivity index (χ1n) is 8.31. The van der Waals surface area contributed by atoms with Gasteiger partial charge in [0.25, 0.3) is 5.91 Å². The van der Waals surface area contributed by atoms with Crippen molar-refractivity contribution >= 4 is 17.6 Å². The number of aromatic nitrogens is 1. The highest BCUT2D eigenvalue weighted by atomic mass is 16.5. The van der Waals surface area contributed by atoms with Crippen LogP contribution in [0.5, 0.6) is 0 Å². The van der Waals surface area contributed by atoms with Crippen molar-refractivity contribution in [2.75, 3.05) is 25.0 Å². The molecule has 0 bridgehead atoms. The van der Waals surface area contributed by atoms with Gasteiger partial charge in [0.15, 0.2) is 5.82 Å². The summed E-state index contributed by atoms with van der Waals surface area (Å²) in [6.45, 7) is 2.76. The molecule has 0 radical (unpaired) electrons. The van der Waals surface area contributed by atoms with E-state index in [9.17, 15) is 9.59 Å². The van der Waals surface area contributed by atoms with E-state index in [0.717, 1.165) is 12.8 Å². The second-order valence-corrected chi connectivity index (χ2v) is 6.06. The Morgan fingerprint density at radius 2 is 2.12 bits per heavy atom. The highest BCUT2D eigenvalue weighted by molar-refractivity contribution is 5.99. The van der Waals surface area contributed by atoms with Crippen molar-refractivity contribution in [2.45, 2.75) is 25.9 Å². The van der Waals surface area contributed by atoms with Gasteiger partial charge in [-0.1, -0.05) is 23.4 Å². The summed E-state index contributed by atoms with van der Waals surface area (Å²) in [5, 5.41) is 6.38. The third-order valence-corrected chi connectivity index (χ3v) is 3.99. The first-order valence-corrected chi connectivity index (χ1v) is 8.31. The number of hydrogen-bond acceptors (Lipinski definition) is 5. The lowest BCUT2D eigenvalue weighted by atomic mass is 10.1. The minimum absolute atomic E-state index is 0.0326. The van der Waals surface area contributed by atoms with Gasteiger partial charge in [0.05, 0.1) is 6.10 Å². The molecule has 0 spiro atoms. The Balaban J connectivity index is 1.68. The number of aryl methyl sites for hydroxylation is 1. The third-order valence-electron chi connectivity index (χ3n) is 3.99. The summed E-state index contributed by atoms with van der Waals surface area (Å²) in [7, 11) is 0. The fourth-order valence-electron chi connectivity index (χ4n) is 2.80. The highest BCUT2D eigenvalue weighted by Crippen LogP contribution is 2.15. The molecule has 0 aliphatic carbocycles. The number of nitrogens with one attached hydrogen (secondary N) is 1. The Morgan fingerprint density at radius 1 is 1.32 bits per heavy atom. The fourth-order valence-corrected chi connectivity index (χ4v) is 2.80. The van der Waals surface area contributed by atoms with Gasteiger partial charge in [-0.15, -0.1) is 0 Å². The molecular weight excluding hydrogens is 322 g/mol. The summed E-state index contributed by atoms with van der Waals surface area (Å²) in [6, 6.07) is 10.6. The van der Waals surface area contributed by atoms with E-state index in [1.165, 1.54) is 4.90 Å². The summed E-state index contributed by atoms with van der Waals surface area (Å²) < 4.78 is 10.5. The normalized spacial score (nSPS) is 16.6. The van der Waals surface area contributed by atoms with Crippen molar-refractivity contribution < 1.29 is 18.8 Å². The second-order valence-electron chi connectivity index (χ2n) is 6.06. The number of rotatable bonds is 6. The second kappa shape index (κ2) is 7.94. The Labute approximate surface area is 145 Å². The van der Waals surface area contributed by atoms with Gasteiger partial charge < -0.3 is 19.5 Å². The standard InChI is InChI=1S/C18H21N3O4/c1-13-10-16(20-25-13)19-17(22)12-21(11-15-8-5-9-24-15)18(23)14-6-3-2-4-7-14/h2-4,6-7,10,15H,5,8-9,11-12H2,1H3,(H,19,20,22). The van der Waals surface area contributed by atoms with E-state index in [2.05, 4.69) is 10.5 Å². The largest absolute Gasteiger partial charge is 0.376 e. The van der Waals surface area contributed by atoms with Crippen LogP contribution >= 0.6 is 0 Å². The lowest BCUT2D eigenvalue weighted by molar-refractivity contribution is -0.117. The predicted molar refractivity (Wildman–Crippen MR) is 91.2 cm³/mol. The van der Waals surface area contributed by atoms with Gasteiger partial charge in [0.1, 0.15) is 12.3 Å². The van der Waals surface area contributed by atoms with E-state index >= 15 is 0 Å². The van der Waals surface area contributed by atoms with E-state index in [4.69, 9.17) is 9.26 Å². The van der Waals surface area contributed by atoms with Crippen molar-refractivity contribution in [1.82, 2.24) is 10.1 Å². The number of anilines is 1. The number of amides is 2. The number of carbonyl (C=O) groups excluding carboxylic acids is 2. The molecule has 1 atom stereocenters. The van der Waals surface area contributed by atoms with Crippen LogP contribution in [0.25, 0.3) is 0 Å². The Bertz CT molecular complexity index is 723. The van der Waals surface area contributed by atoms with Crippen molar-refractivity contribution in [1.29, 1.82) is 0 Å². The zero-order valence-corrected chi connectivity index (χ0v) is 14.1. The molecule has 1 aliphatic rings. The van der Waals surface area contributed by atoms with Crippen molar-refractivity contribution in [2.24, 2.45) is 0 Å². The maximum absolute atomic E-state index is 12.8. The highest BCUT2D eigenvalue weighted by Gasteiger charge is 2.25. The molecule has 1 aliphatic heterocycles. The lowest BCUT2D eigenvalue weighted by Crippen LogP contribution is -2.42. The van der Waals surface area contributed by atoms with E-state index in [-0.39, 0.29) is 24.5 Å². The molecule has 2 amide bonds. The molecule has 2 heterocycles. The Kier molecular flexibility index (Phi) is 5.45. The van der Waals surface area contributed by atoms with Crippen LogP contribution < -0.4 is 5.32 Å². The monoisotopic (exact) mass is 343 g/mol. The van der Waals surface area contributed by atoms with Gasteiger partial charge >= 0.3 is 0 Å². The Morgan fingerprint density at radius 3 is 2.76 bits per heavy atom. The zero-order chi connectivity index (χ0) is 17.6. The number of carbonyl (C=O) groups is 2. The van der Waals surface area contributed by atoms with Gasteiger partial charge in [-0.25, -0.2) is 0 Å². The SMILES string of the molecule is Cc1cc(NC(=O)CN(CC2CCCO2)C(=O)c2ccccc2)no1. The van der Waals surface area contributed by atoms with Crippen LogP contribution in [-0.2, 0) is 9.53 Å². The molecule has 1 unspecified atom stereocenters. The molecule has 3 rings (SSSR count). The van der Waals surface area contributed by atoms with E-state index < -0.39 is 0 Å². The smallest absolute Gasteiger partial charge is 0.254 e. The topological polar surface area (TPSA) is 84.7 Å². The number of ether oxygens (including phenoxy) is 1. The molecule has 132 valence electrons. The molecule has 1 fully saturated rings. The van der Waals surface area contributed by atoms with Gasteiger partial charge in [0.2, 0.25) is 5.91 Å². The van der Waals surface area contributed by atoms with Gasteiger partial charge in [0, 0.05) is 24.8 Å².